The lowest BCUT2D eigenvalue weighted by atomic mass is 9.33. The Morgan fingerprint density at radius 2 is 1.60 bits per heavy atom. The van der Waals surface area contributed by atoms with Crippen molar-refractivity contribution >= 4 is 17.7 Å². The van der Waals surface area contributed by atoms with E-state index in [0.717, 1.165) is 62.5 Å². The van der Waals surface area contributed by atoms with Crippen LogP contribution in [0.4, 0.5) is 0 Å². The number of carbonyl (C=O) groups is 3. The average Bonchev–Trinajstić information content (AvgIpc) is 3.40. The topological polar surface area (TPSA) is 133 Å². The lowest BCUT2D eigenvalue weighted by molar-refractivity contribution is -0.235. The minimum atomic E-state index is -1.17. The van der Waals surface area contributed by atoms with Crippen molar-refractivity contribution in [1.29, 1.82) is 0 Å². The molecule has 0 radical (unpaired) electrons. The Bertz CT molecular complexity index is 1610. The molecule has 5 aliphatic rings. The van der Waals surface area contributed by atoms with E-state index in [1.165, 1.54) is 5.57 Å². The minimum absolute atomic E-state index is 0.0255. The molecule has 5 aliphatic carbocycles. The van der Waals surface area contributed by atoms with Crippen LogP contribution < -0.4 is 5.32 Å². The largest absolute Gasteiger partial charge is 0.481 e. The number of fused-ring (bicyclic) bond motifs is 7. The van der Waals surface area contributed by atoms with Crippen LogP contribution >= 0.6 is 0 Å². The molecule has 0 aromatic heterocycles. The van der Waals surface area contributed by atoms with Gasteiger partial charge in [0.15, 0.2) is 5.78 Å². The van der Waals surface area contributed by atoms with E-state index in [-0.39, 0.29) is 64.5 Å². The maximum absolute atomic E-state index is 14.1. The Labute approximate surface area is 317 Å². The van der Waals surface area contributed by atoms with E-state index in [1.807, 2.05) is 30.3 Å². The molecule has 0 bridgehead atoms. The number of carbonyl (C=O) groups excluding carboxylic acids is 2. The predicted molar refractivity (Wildman–Crippen MR) is 206 cm³/mol. The summed E-state index contributed by atoms with van der Waals surface area (Å²) in [5.74, 6) is -0.120. The van der Waals surface area contributed by atoms with E-state index in [9.17, 15) is 29.7 Å². The lowest BCUT2D eigenvalue weighted by Gasteiger charge is -2.72. The number of aliphatic hydroxyl groups excluding tert-OH is 2. The van der Waals surface area contributed by atoms with Gasteiger partial charge in [0.2, 0.25) is 0 Å². The molecule has 6 rings (SSSR count). The van der Waals surface area contributed by atoms with Crippen molar-refractivity contribution in [2.45, 2.75) is 145 Å². The van der Waals surface area contributed by atoms with Crippen LogP contribution in [0.5, 0.6) is 0 Å². The number of nitrogens with one attached hydrogen (secondary N) is 1. The molecule has 4 saturated carbocycles. The van der Waals surface area contributed by atoms with Crippen molar-refractivity contribution in [2.24, 2.45) is 56.2 Å². The number of aliphatic carboxylic acids is 1. The summed E-state index contributed by atoms with van der Waals surface area (Å²) in [6.45, 7) is 19.7. The number of ketones is 1. The van der Waals surface area contributed by atoms with Crippen LogP contribution in [0.1, 0.15) is 138 Å². The first-order valence-corrected chi connectivity index (χ1v) is 20.5. The second-order valence-electron chi connectivity index (χ2n) is 20.1. The minimum Gasteiger partial charge on any atom is -0.481 e. The van der Waals surface area contributed by atoms with E-state index in [4.69, 9.17) is 4.74 Å². The summed E-state index contributed by atoms with van der Waals surface area (Å²) in [6, 6.07) is 9.56. The fourth-order valence-corrected chi connectivity index (χ4v) is 13.3. The highest BCUT2D eigenvalue weighted by Crippen LogP contribution is 2.77. The molecule has 0 amide bonds. The fraction of sp³-hybridized carbons (Fsp3) is 0.756. The molecule has 1 aromatic rings. The van der Waals surface area contributed by atoms with Crippen molar-refractivity contribution in [3.63, 3.8) is 0 Å². The number of allylic oxidation sites excluding steroid dienone is 1. The Morgan fingerprint density at radius 3 is 2.23 bits per heavy atom. The molecule has 8 heteroatoms. The van der Waals surface area contributed by atoms with Gasteiger partial charge in [0.25, 0.3) is 0 Å². The number of hydrogen-bond donors (Lipinski definition) is 4. The summed E-state index contributed by atoms with van der Waals surface area (Å²) >= 11 is 0. The molecule has 8 nitrogen and oxygen atoms in total. The zero-order valence-corrected chi connectivity index (χ0v) is 33.9. The smallest absolute Gasteiger partial charge is 0.309 e. The van der Waals surface area contributed by atoms with E-state index < -0.39 is 28.9 Å². The van der Waals surface area contributed by atoms with Gasteiger partial charge in [0.1, 0.15) is 6.10 Å². The maximum Gasteiger partial charge on any atom is 0.309 e. The molecular formula is C45H67NO7. The Hall–Kier alpha value is -2.55. The molecule has 294 valence electrons. The van der Waals surface area contributed by atoms with Crippen molar-refractivity contribution in [3.8, 4) is 0 Å². The molecule has 10 unspecified atom stereocenters. The summed E-state index contributed by atoms with van der Waals surface area (Å²) < 4.78 is 6.16. The number of Topliss-reactive ketones (excluding diaryl/α,β-unsaturated/α-hetero) is 1. The monoisotopic (exact) mass is 733 g/mol. The summed E-state index contributed by atoms with van der Waals surface area (Å²) in [6.07, 6.45) is 6.81. The van der Waals surface area contributed by atoms with Gasteiger partial charge in [-0.05, 0) is 116 Å². The number of rotatable bonds is 11. The number of hydrogen-bond acceptors (Lipinski definition) is 7. The van der Waals surface area contributed by atoms with Gasteiger partial charge in [-0.25, -0.2) is 0 Å². The zero-order valence-electron chi connectivity index (χ0n) is 33.9. The quantitative estimate of drug-likeness (QED) is 0.168. The van der Waals surface area contributed by atoms with E-state index >= 15 is 0 Å². The summed E-state index contributed by atoms with van der Waals surface area (Å²) in [7, 11) is 0. The molecule has 53 heavy (non-hydrogen) atoms. The molecule has 1 aromatic carbocycles. The second kappa shape index (κ2) is 13.9. The van der Waals surface area contributed by atoms with Gasteiger partial charge in [0.05, 0.1) is 30.6 Å². The first-order valence-electron chi connectivity index (χ1n) is 20.5. The van der Waals surface area contributed by atoms with Gasteiger partial charge >= 0.3 is 11.9 Å². The van der Waals surface area contributed by atoms with Crippen LogP contribution in [-0.4, -0.2) is 58.4 Å². The number of esters is 1. The number of carboxylic acids is 1. The number of ether oxygens (including phenoxy) is 1. The third-order valence-electron chi connectivity index (χ3n) is 16.4. The third-order valence-corrected chi connectivity index (χ3v) is 16.4. The Kier molecular flexibility index (Phi) is 10.5. The summed E-state index contributed by atoms with van der Waals surface area (Å²) in [5.41, 5.74) is 1.17. The van der Waals surface area contributed by atoms with Crippen molar-refractivity contribution in [1.82, 2.24) is 5.32 Å². The number of benzene rings is 1. The van der Waals surface area contributed by atoms with Crippen LogP contribution in [0.15, 0.2) is 41.5 Å². The highest BCUT2D eigenvalue weighted by atomic mass is 16.5. The molecule has 4 N–H and O–H groups in total. The summed E-state index contributed by atoms with van der Waals surface area (Å²) in [4.78, 5) is 38.9. The van der Waals surface area contributed by atoms with Crippen LogP contribution in [0.3, 0.4) is 0 Å². The van der Waals surface area contributed by atoms with Crippen LogP contribution in [0.2, 0.25) is 0 Å². The molecule has 0 heterocycles. The van der Waals surface area contributed by atoms with E-state index in [1.54, 1.807) is 13.8 Å². The summed E-state index contributed by atoms with van der Waals surface area (Å²) in [5, 5.41) is 35.6. The second-order valence-corrected chi connectivity index (χ2v) is 20.1. The SMILES string of the molecule is CC(C)C1=C2C3CCC4C5(C)CCC(OC(=O)CC(C)(C)C(=O)O)C(C)(C)C5CCC4(C)C3(C)CCC2(C(O)CNC(CO)c2ccccc2)CC1=O. The third kappa shape index (κ3) is 6.25. The number of aliphatic hydroxyl groups is 2. The van der Waals surface area contributed by atoms with Crippen molar-refractivity contribution in [3.05, 3.63) is 47.0 Å². The van der Waals surface area contributed by atoms with Gasteiger partial charge in [-0.2, -0.15) is 0 Å². The van der Waals surface area contributed by atoms with Crippen molar-refractivity contribution in [2.75, 3.05) is 13.2 Å². The highest BCUT2D eigenvalue weighted by molar-refractivity contribution is 6.00. The highest BCUT2D eigenvalue weighted by Gasteiger charge is 2.70. The molecule has 10 atom stereocenters. The first-order chi connectivity index (χ1) is 24.7. The molecule has 0 saturated heterocycles. The Morgan fingerprint density at radius 1 is 0.925 bits per heavy atom. The fourth-order valence-electron chi connectivity index (χ4n) is 13.3. The normalized spacial score (nSPS) is 37.6. The van der Waals surface area contributed by atoms with Crippen LogP contribution in [-0.2, 0) is 19.1 Å². The first kappa shape index (κ1) is 40.1. The lowest BCUT2D eigenvalue weighted by Crippen LogP contribution is -2.66. The average molecular weight is 734 g/mol. The standard InChI is InChI=1S/C45H67NO7/c1-27(2)37-31(48)23-45(34(49)25-46-30(26-47)28-13-11-10-12-14-28)22-21-43(8)29(38(37)45)15-16-33-42(7)19-18-35(53-36(50)24-40(3,4)39(51)52)41(5,6)32(42)17-20-44(33,43)9/h10-14,27,29-30,32-35,46-47,49H,15-26H2,1-9H3,(H,51,52). The maximum atomic E-state index is 14.1. The van der Waals surface area contributed by atoms with Crippen LogP contribution in [0, 0.1) is 56.2 Å². The molecule has 0 spiro atoms. The van der Waals surface area contributed by atoms with E-state index in [2.05, 4.69) is 53.8 Å². The van der Waals surface area contributed by atoms with Crippen LogP contribution in [0.25, 0.3) is 0 Å². The predicted octanol–water partition coefficient (Wildman–Crippen LogP) is 8.06. The van der Waals surface area contributed by atoms with Gasteiger partial charge < -0.3 is 25.4 Å². The van der Waals surface area contributed by atoms with E-state index in [0.29, 0.717) is 24.8 Å². The molecule has 4 fully saturated rings. The number of carboxylic acid groups (broad SMARTS) is 1. The zero-order chi connectivity index (χ0) is 38.9. The molecular weight excluding hydrogens is 666 g/mol. The van der Waals surface area contributed by atoms with Gasteiger partial charge in [-0.15, -0.1) is 0 Å². The van der Waals surface area contributed by atoms with Gasteiger partial charge in [-0.3, -0.25) is 14.4 Å². The van der Waals surface area contributed by atoms with Crippen molar-refractivity contribution < 1.29 is 34.4 Å². The van der Waals surface area contributed by atoms with Gasteiger partial charge in [0, 0.05) is 23.8 Å². The van der Waals surface area contributed by atoms with Gasteiger partial charge in [-0.1, -0.05) is 84.4 Å². The molecule has 0 aliphatic heterocycles. The Balaban J connectivity index is 1.27.